The SMILES string of the molecule is O=C(C=Cc1cccc(Br)c1)NCc1ccccc1Cl. The molecule has 0 radical (unpaired) electrons. The Morgan fingerprint density at radius 2 is 2.00 bits per heavy atom. The maximum atomic E-state index is 11.7. The average molecular weight is 351 g/mol. The Morgan fingerprint density at radius 3 is 2.75 bits per heavy atom. The molecule has 4 heteroatoms. The van der Waals surface area contributed by atoms with Crippen molar-refractivity contribution in [3.05, 3.63) is 75.2 Å². The van der Waals surface area contributed by atoms with Crippen LogP contribution >= 0.6 is 27.5 Å². The topological polar surface area (TPSA) is 29.1 Å². The van der Waals surface area contributed by atoms with Gasteiger partial charge in [0.25, 0.3) is 0 Å². The summed E-state index contributed by atoms with van der Waals surface area (Å²) in [5.74, 6) is -0.148. The molecule has 1 amide bonds. The molecule has 2 aromatic rings. The Morgan fingerprint density at radius 1 is 1.20 bits per heavy atom. The third-order valence-corrected chi connectivity index (χ3v) is 3.55. The van der Waals surface area contributed by atoms with Crippen molar-refractivity contribution in [2.45, 2.75) is 6.54 Å². The number of hydrogen-bond acceptors (Lipinski definition) is 1. The van der Waals surface area contributed by atoms with Gasteiger partial charge in [0.15, 0.2) is 0 Å². The number of benzene rings is 2. The number of amides is 1. The maximum Gasteiger partial charge on any atom is 0.244 e. The second kappa shape index (κ2) is 7.27. The number of nitrogens with one attached hydrogen (secondary N) is 1. The van der Waals surface area contributed by atoms with E-state index in [1.54, 1.807) is 12.1 Å². The van der Waals surface area contributed by atoms with Crippen molar-refractivity contribution < 1.29 is 4.79 Å². The van der Waals surface area contributed by atoms with E-state index in [4.69, 9.17) is 11.6 Å². The van der Waals surface area contributed by atoms with E-state index in [0.29, 0.717) is 11.6 Å². The zero-order valence-corrected chi connectivity index (χ0v) is 13.0. The van der Waals surface area contributed by atoms with Gasteiger partial charge >= 0.3 is 0 Å². The fourth-order valence-corrected chi connectivity index (χ4v) is 2.28. The number of carbonyl (C=O) groups is 1. The minimum Gasteiger partial charge on any atom is -0.348 e. The normalized spacial score (nSPS) is 10.7. The molecular formula is C16H13BrClNO. The molecule has 0 heterocycles. The number of halogens is 2. The fraction of sp³-hybridized carbons (Fsp3) is 0.0625. The third kappa shape index (κ3) is 4.51. The molecule has 0 aliphatic rings. The molecular weight excluding hydrogens is 338 g/mol. The van der Waals surface area contributed by atoms with Crippen LogP contribution in [-0.4, -0.2) is 5.91 Å². The van der Waals surface area contributed by atoms with E-state index in [-0.39, 0.29) is 5.91 Å². The van der Waals surface area contributed by atoms with Gasteiger partial charge in [0, 0.05) is 22.1 Å². The van der Waals surface area contributed by atoms with Gasteiger partial charge in [-0.3, -0.25) is 4.79 Å². The summed E-state index contributed by atoms with van der Waals surface area (Å²) in [4.78, 5) is 11.7. The predicted octanol–water partition coefficient (Wildman–Crippen LogP) is 4.43. The Balaban J connectivity index is 1.91. The summed E-state index contributed by atoms with van der Waals surface area (Å²) >= 11 is 9.41. The van der Waals surface area contributed by atoms with E-state index in [0.717, 1.165) is 15.6 Å². The third-order valence-electron chi connectivity index (χ3n) is 2.69. The van der Waals surface area contributed by atoms with Gasteiger partial charge in [-0.25, -0.2) is 0 Å². The zero-order chi connectivity index (χ0) is 14.4. The van der Waals surface area contributed by atoms with Crippen LogP contribution in [0.3, 0.4) is 0 Å². The van der Waals surface area contributed by atoms with Crippen molar-refractivity contribution in [3.8, 4) is 0 Å². The molecule has 0 spiro atoms. The Bertz CT molecular complexity index is 640. The second-order valence-corrected chi connectivity index (χ2v) is 5.52. The Labute approximate surface area is 131 Å². The Hall–Kier alpha value is -1.58. The number of hydrogen-bond donors (Lipinski definition) is 1. The van der Waals surface area contributed by atoms with Crippen molar-refractivity contribution in [2.75, 3.05) is 0 Å². The quantitative estimate of drug-likeness (QED) is 0.812. The summed E-state index contributed by atoms with van der Waals surface area (Å²) in [6.45, 7) is 0.418. The summed E-state index contributed by atoms with van der Waals surface area (Å²) in [6, 6.07) is 15.2. The highest BCUT2D eigenvalue weighted by Gasteiger charge is 2.00. The largest absolute Gasteiger partial charge is 0.348 e. The van der Waals surface area contributed by atoms with Crippen LogP contribution in [0.1, 0.15) is 11.1 Å². The van der Waals surface area contributed by atoms with E-state index in [1.165, 1.54) is 6.08 Å². The molecule has 0 aliphatic heterocycles. The second-order valence-electron chi connectivity index (χ2n) is 4.20. The van der Waals surface area contributed by atoms with E-state index < -0.39 is 0 Å². The standard InChI is InChI=1S/C16H13BrClNO/c17-14-6-3-4-12(10-14)8-9-16(20)19-11-13-5-1-2-7-15(13)18/h1-10H,11H2,(H,19,20). The molecule has 20 heavy (non-hydrogen) atoms. The van der Waals surface area contributed by atoms with Gasteiger partial charge in [0.2, 0.25) is 5.91 Å². The van der Waals surface area contributed by atoms with Crippen molar-refractivity contribution in [1.82, 2.24) is 5.32 Å². The molecule has 2 rings (SSSR count). The average Bonchev–Trinajstić information content (AvgIpc) is 2.44. The van der Waals surface area contributed by atoms with Gasteiger partial charge in [-0.15, -0.1) is 0 Å². The minimum atomic E-state index is -0.148. The van der Waals surface area contributed by atoms with Gasteiger partial charge in [0.05, 0.1) is 0 Å². The molecule has 0 bridgehead atoms. The Kier molecular flexibility index (Phi) is 5.39. The van der Waals surface area contributed by atoms with Crippen LogP contribution in [-0.2, 0) is 11.3 Å². The van der Waals surface area contributed by atoms with Gasteiger partial charge in [-0.2, -0.15) is 0 Å². The molecule has 0 saturated heterocycles. The summed E-state index contributed by atoms with van der Waals surface area (Å²) in [5.41, 5.74) is 1.87. The summed E-state index contributed by atoms with van der Waals surface area (Å²) in [6.07, 6.45) is 3.28. The number of rotatable bonds is 4. The molecule has 0 saturated carbocycles. The summed E-state index contributed by atoms with van der Waals surface area (Å²) in [7, 11) is 0. The van der Waals surface area contributed by atoms with Crippen molar-refractivity contribution in [3.63, 3.8) is 0 Å². The lowest BCUT2D eigenvalue weighted by molar-refractivity contribution is -0.116. The molecule has 0 aliphatic carbocycles. The molecule has 0 unspecified atom stereocenters. The molecule has 0 atom stereocenters. The van der Waals surface area contributed by atoms with Crippen molar-refractivity contribution in [1.29, 1.82) is 0 Å². The zero-order valence-electron chi connectivity index (χ0n) is 10.6. The highest BCUT2D eigenvalue weighted by molar-refractivity contribution is 9.10. The predicted molar refractivity (Wildman–Crippen MR) is 86.5 cm³/mol. The van der Waals surface area contributed by atoms with Crippen LogP contribution in [0.25, 0.3) is 6.08 Å². The van der Waals surface area contributed by atoms with Gasteiger partial charge in [-0.05, 0) is 35.4 Å². The lowest BCUT2D eigenvalue weighted by atomic mass is 10.2. The summed E-state index contributed by atoms with van der Waals surface area (Å²) < 4.78 is 0.983. The van der Waals surface area contributed by atoms with Crippen LogP contribution in [0.15, 0.2) is 59.1 Å². The lowest BCUT2D eigenvalue weighted by Gasteiger charge is -2.04. The van der Waals surface area contributed by atoms with Gasteiger partial charge < -0.3 is 5.32 Å². The molecule has 0 aromatic heterocycles. The smallest absolute Gasteiger partial charge is 0.244 e. The van der Waals surface area contributed by atoms with Crippen LogP contribution in [0.5, 0.6) is 0 Å². The van der Waals surface area contributed by atoms with E-state index in [2.05, 4.69) is 21.2 Å². The first-order valence-corrected chi connectivity index (χ1v) is 7.27. The first-order chi connectivity index (χ1) is 9.65. The van der Waals surface area contributed by atoms with Gasteiger partial charge in [0.1, 0.15) is 0 Å². The first kappa shape index (κ1) is 14.8. The van der Waals surface area contributed by atoms with Gasteiger partial charge in [-0.1, -0.05) is 57.9 Å². The van der Waals surface area contributed by atoms with E-state index in [1.807, 2.05) is 42.5 Å². The maximum absolute atomic E-state index is 11.7. The van der Waals surface area contributed by atoms with E-state index >= 15 is 0 Å². The van der Waals surface area contributed by atoms with Crippen molar-refractivity contribution in [2.24, 2.45) is 0 Å². The van der Waals surface area contributed by atoms with Crippen LogP contribution < -0.4 is 5.32 Å². The highest BCUT2D eigenvalue weighted by Crippen LogP contribution is 2.14. The van der Waals surface area contributed by atoms with E-state index in [9.17, 15) is 4.79 Å². The molecule has 2 aromatic carbocycles. The first-order valence-electron chi connectivity index (χ1n) is 6.10. The fourth-order valence-electron chi connectivity index (χ4n) is 1.67. The number of carbonyl (C=O) groups excluding carboxylic acids is 1. The van der Waals surface area contributed by atoms with Crippen molar-refractivity contribution >= 4 is 39.5 Å². The molecule has 1 N–H and O–H groups in total. The summed E-state index contributed by atoms with van der Waals surface area (Å²) in [5, 5.41) is 3.46. The molecule has 0 fully saturated rings. The lowest BCUT2D eigenvalue weighted by Crippen LogP contribution is -2.20. The minimum absolute atomic E-state index is 0.148. The van der Waals surface area contributed by atoms with Crippen LogP contribution in [0.4, 0.5) is 0 Å². The molecule has 102 valence electrons. The van der Waals surface area contributed by atoms with Crippen LogP contribution in [0, 0.1) is 0 Å². The molecule has 2 nitrogen and oxygen atoms in total. The highest BCUT2D eigenvalue weighted by atomic mass is 79.9. The van der Waals surface area contributed by atoms with Crippen LogP contribution in [0.2, 0.25) is 5.02 Å². The monoisotopic (exact) mass is 349 g/mol.